The zero-order valence-electron chi connectivity index (χ0n) is 14.6. The molecule has 0 spiro atoms. The van der Waals surface area contributed by atoms with Gasteiger partial charge in [-0.05, 0) is 48.5 Å². The molecule has 2 aromatic carbocycles. The van der Waals surface area contributed by atoms with E-state index in [1.165, 1.54) is 0 Å². The number of anilines is 1. The molecule has 3 aromatic rings. The summed E-state index contributed by atoms with van der Waals surface area (Å²) >= 11 is 0. The molecule has 26 heavy (non-hydrogen) atoms. The highest BCUT2D eigenvalue weighted by Gasteiger charge is 2.11. The summed E-state index contributed by atoms with van der Waals surface area (Å²) in [6.07, 6.45) is 0. The van der Waals surface area contributed by atoms with Crippen molar-refractivity contribution in [1.82, 2.24) is 25.5 Å². The van der Waals surface area contributed by atoms with Gasteiger partial charge in [-0.1, -0.05) is 29.8 Å². The van der Waals surface area contributed by atoms with Crippen LogP contribution in [0.4, 0.5) is 10.5 Å². The van der Waals surface area contributed by atoms with Gasteiger partial charge in [0.15, 0.2) is 5.82 Å². The second kappa shape index (κ2) is 8.11. The third kappa shape index (κ3) is 4.15. The van der Waals surface area contributed by atoms with E-state index in [0.29, 0.717) is 23.9 Å². The van der Waals surface area contributed by atoms with E-state index in [-0.39, 0.29) is 12.6 Å². The van der Waals surface area contributed by atoms with Crippen molar-refractivity contribution < 1.29 is 9.53 Å². The Kier molecular flexibility index (Phi) is 5.43. The summed E-state index contributed by atoms with van der Waals surface area (Å²) in [6.45, 7) is 4.60. The van der Waals surface area contributed by atoms with Crippen LogP contribution in [-0.2, 0) is 6.54 Å². The van der Waals surface area contributed by atoms with E-state index in [1.54, 1.807) is 16.8 Å². The molecular formula is C18H20N6O2. The van der Waals surface area contributed by atoms with Gasteiger partial charge in [-0.2, -0.15) is 4.68 Å². The van der Waals surface area contributed by atoms with Gasteiger partial charge in [0.2, 0.25) is 0 Å². The summed E-state index contributed by atoms with van der Waals surface area (Å²) in [7, 11) is 0. The standard InChI is InChI=1S/C18H20N6O2/c1-3-26-16-7-5-4-6-15(16)20-18(25)19-12-17-21-22-23-24(17)14-10-8-13(2)9-11-14/h4-11H,3,12H2,1-2H3,(H2,19,20,25). The molecule has 0 unspecified atom stereocenters. The van der Waals surface area contributed by atoms with Gasteiger partial charge >= 0.3 is 6.03 Å². The molecule has 0 bridgehead atoms. The SMILES string of the molecule is CCOc1ccccc1NC(=O)NCc1nnnn1-c1ccc(C)cc1. The lowest BCUT2D eigenvalue weighted by molar-refractivity contribution is 0.251. The number of hydrogen-bond donors (Lipinski definition) is 2. The van der Waals surface area contributed by atoms with Crippen LogP contribution in [0, 0.1) is 6.92 Å². The molecule has 0 atom stereocenters. The molecule has 0 fully saturated rings. The predicted molar refractivity (Wildman–Crippen MR) is 97.4 cm³/mol. The third-order valence-electron chi connectivity index (χ3n) is 3.65. The first-order valence-electron chi connectivity index (χ1n) is 8.28. The van der Waals surface area contributed by atoms with Crippen molar-refractivity contribution in [3.8, 4) is 11.4 Å². The monoisotopic (exact) mass is 352 g/mol. The fourth-order valence-corrected chi connectivity index (χ4v) is 2.38. The minimum absolute atomic E-state index is 0.184. The van der Waals surface area contributed by atoms with E-state index >= 15 is 0 Å². The number of nitrogens with one attached hydrogen (secondary N) is 2. The summed E-state index contributed by atoms with van der Waals surface area (Å²) in [5.41, 5.74) is 2.58. The first kappa shape index (κ1) is 17.4. The maximum Gasteiger partial charge on any atom is 0.319 e. The van der Waals surface area contributed by atoms with Crippen LogP contribution in [0.5, 0.6) is 5.75 Å². The maximum atomic E-state index is 12.2. The molecule has 2 amide bonds. The van der Waals surface area contributed by atoms with E-state index in [4.69, 9.17) is 4.74 Å². The number of amides is 2. The topological polar surface area (TPSA) is 94.0 Å². The molecule has 1 aromatic heterocycles. The van der Waals surface area contributed by atoms with Gasteiger partial charge in [0.05, 0.1) is 24.5 Å². The average molecular weight is 352 g/mol. The third-order valence-corrected chi connectivity index (χ3v) is 3.65. The minimum Gasteiger partial charge on any atom is -0.492 e. The summed E-state index contributed by atoms with van der Waals surface area (Å²) < 4.78 is 7.09. The molecule has 0 radical (unpaired) electrons. The van der Waals surface area contributed by atoms with E-state index in [0.717, 1.165) is 11.3 Å². The molecule has 2 N–H and O–H groups in total. The number of rotatable bonds is 6. The van der Waals surface area contributed by atoms with Crippen LogP contribution >= 0.6 is 0 Å². The van der Waals surface area contributed by atoms with Crippen LogP contribution in [0.15, 0.2) is 48.5 Å². The number of ether oxygens (including phenoxy) is 1. The fourth-order valence-electron chi connectivity index (χ4n) is 2.38. The van der Waals surface area contributed by atoms with E-state index in [1.807, 2.05) is 50.2 Å². The van der Waals surface area contributed by atoms with Crippen molar-refractivity contribution in [3.05, 3.63) is 59.9 Å². The van der Waals surface area contributed by atoms with Gasteiger partial charge in [-0.3, -0.25) is 0 Å². The molecule has 0 aliphatic heterocycles. The van der Waals surface area contributed by atoms with Crippen LogP contribution in [0.25, 0.3) is 5.69 Å². The first-order valence-corrected chi connectivity index (χ1v) is 8.28. The van der Waals surface area contributed by atoms with Gasteiger partial charge in [0, 0.05) is 0 Å². The summed E-state index contributed by atoms with van der Waals surface area (Å²) in [6, 6.07) is 14.7. The predicted octanol–water partition coefficient (Wildman–Crippen LogP) is 2.69. The van der Waals surface area contributed by atoms with Crippen LogP contribution in [0.2, 0.25) is 0 Å². The minimum atomic E-state index is -0.365. The first-order chi connectivity index (χ1) is 12.7. The maximum absolute atomic E-state index is 12.2. The fraction of sp³-hybridized carbons (Fsp3) is 0.222. The van der Waals surface area contributed by atoms with Crippen LogP contribution in [-0.4, -0.2) is 32.8 Å². The van der Waals surface area contributed by atoms with Gasteiger partial charge in [-0.15, -0.1) is 5.10 Å². The number of nitrogens with zero attached hydrogens (tertiary/aromatic N) is 4. The van der Waals surface area contributed by atoms with Gasteiger partial charge in [-0.25, -0.2) is 4.79 Å². The molecule has 8 heteroatoms. The van der Waals surface area contributed by atoms with Crippen LogP contribution in [0.1, 0.15) is 18.3 Å². The lowest BCUT2D eigenvalue weighted by Crippen LogP contribution is -2.29. The molecule has 0 aliphatic carbocycles. The summed E-state index contributed by atoms with van der Waals surface area (Å²) in [5, 5.41) is 17.2. The van der Waals surface area contributed by atoms with Crippen molar-refractivity contribution in [2.24, 2.45) is 0 Å². The van der Waals surface area contributed by atoms with Crippen LogP contribution in [0.3, 0.4) is 0 Å². The molecular weight excluding hydrogens is 332 g/mol. The second-order valence-corrected chi connectivity index (χ2v) is 5.58. The number of carbonyl (C=O) groups excluding carboxylic acids is 1. The lowest BCUT2D eigenvalue weighted by atomic mass is 10.2. The number of benzene rings is 2. The van der Waals surface area contributed by atoms with E-state index < -0.39 is 0 Å². The number of urea groups is 1. The van der Waals surface area contributed by atoms with Crippen molar-refractivity contribution in [3.63, 3.8) is 0 Å². The number of tetrazole rings is 1. The molecule has 1 heterocycles. The summed E-state index contributed by atoms with van der Waals surface area (Å²) in [4.78, 5) is 12.2. The Morgan fingerprint density at radius 2 is 1.92 bits per heavy atom. The van der Waals surface area contributed by atoms with Gasteiger partial charge < -0.3 is 15.4 Å². The molecule has 0 saturated carbocycles. The number of para-hydroxylation sites is 2. The van der Waals surface area contributed by atoms with Crippen molar-refractivity contribution in [1.29, 1.82) is 0 Å². The van der Waals surface area contributed by atoms with Gasteiger partial charge in [0.25, 0.3) is 0 Å². The Bertz CT molecular complexity index is 875. The lowest BCUT2D eigenvalue weighted by Gasteiger charge is -2.12. The number of aryl methyl sites for hydroxylation is 1. The molecule has 0 saturated heterocycles. The molecule has 0 aliphatic rings. The Morgan fingerprint density at radius 3 is 2.69 bits per heavy atom. The smallest absolute Gasteiger partial charge is 0.319 e. The highest BCUT2D eigenvalue weighted by molar-refractivity contribution is 5.90. The Morgan fingerprint density at radius 1 is 1.15 bits per heavy atom. The van der Waals surface area contributed by atoms with Gasteiger partial charge in [0.1, 0.15) is 5.75 Å². The Labute approximate surface area is 151 Å². The quantitative estimate of drug-likeness (QED) is 0.711. The zero-order chi connectivity index (χ0) is 18.4. The average Bonchev–Trinajstić information content (AvgIpc) is 3.11. The number of hydrogen-bond acceptors (Lipinski definition) is 5. The Hall–Kier alpha value is -3.42. The van der Waals surface area contributed by atoms with E-state index in [9.17, 15) is 4.79 Å². The number of aromatic nitrogens is 4. The Balaban J connectivity index is 1.64. The molecule has 3 rings (SSSR count). The molecule has 8 nitrogen and oxygen atoms in total. The zero-order valence-corrected chi connectivity index (χ0v) is 14.6. The largest absolute Gasteiger partial charge is 0.492 e. The second-order valence-electron chi connectivity index (χ2n) is 5.58. The van der Waals surface area contributed by atoms with Crippen LogP contribution < -0.4 is 15.4 Å². The van der Waals surface area contributed by atoms with Crippen molar-refractivity contribution in [2.75, 3.05) is 11.9 Å². The van der Waals surface area contributed by atoms with E-state index in [2.05, 4.69) is 26.2 Å². The molecule has 134 valence electrons. The highest BCUT2D eigenvalue weighted by atomic mass is 16.5. The highest BCUT2D eigenvalue weighted by Crippen LogP contribution is 2.23. The van der Waals surface area contributed by atoms with Crippen molar-refractivity contribution >= 4 is 11.7 Å². The normalized spacial score (nSPS) is 10.4. The number of carbonyl (C=O) groups is 1. The summed E-state index contributed by atoms with van der Waals surface area (Å²) in [5.74, 6) is 1.15. The van der Waals surface area contributed by atoms with Crippen molar-refractivity contribution in [2.45, 2.75) is 20.4 Å².